The Kier molecular flexibility index (Phi) is 4.04. The van der Waals surface area contributed by atoms with Gasteiger partial charge in [0.05, 0.1) is 11.7 Å². The van der Waals surface area contributed by atoms with Gasteiger partial charge in [-0.3, -0.25) is 9.48 Å². The van der Waals surface area contributed by atoms with Crippen LogP contribution < -0.4 is 11.1 Å². The Morgan fingerprint density at radius 1 is 1.33 bits per heavy atom. The van der Waals surface area contributed by atoms with Crippen LogP contribution in [-0.4, -0.2) is 21.7 Å². The number of hydrogen-bond acceptors (Lipinski definition) is 3. The third-order valence-electron chi connectivity index (χ3n) is 6.00. The van der Waals surface area contributed by atoms with E-state index >= 15 is 0 Å². The maximum Gasteiger partial charge on any atom is 0.227 e. The van der Waals surface area contributed by atoms with Crippen molar-refractivity contribution in [2.45, 2.75) is 51.6 Å². The first-order valence-electron chi connectivity index (χ1n) is 9.17. The second kappa shape index (κ2) is 6.20. The Morgan fingerprint density at radius 3 is 2.79 bits per heavy atom. The first kappa shape index (κ1) is 15.6. The summed E-state index contributed by atoms with van der Waals surface area (Å²) in [6.07, 6.45) is 7.40. The van der Waals surface area contributed by atoms with E-state index in [0.717, 1.165) is 36.0 Å². The molecule has 24 heavy (non-hydrogen) atoms. The third-order valence-corrected chi connectivity index (χ3v) is 6.00. The lowest BCUT2D eigenvalue weighted by molar-refractivity contribution is -0.122. The number of hydrogen-bond donors (Lipinski definition) is 2. The monoisotopic (exact) mass is 326 g/mol. The predicted octanol–water partition coefficient (Wildman–Crippen LogP) is 3.15. The highest BCUT2D eigenvalue weighted by atomic mass is 16.1. The maximum absolute atomic E-state index is 12.8. The number of amides is 1. The highest BCUT2D eigenvalue weighted by Crippen LogP contribution is 2.42. The number of rotatable bonds is 3. The molecule has 2 bridgehead atoms. The van der Waals surface area contributed by atoms with E-state index in [1.54, 1.807) is 0 Å². The standard InChI is InChI=1S/C19H26N4O/c1-2-23-17-10-16(7-6-14(17)11-21-23)22-19(24)15-8-12-4-3-5-13(9-15)18(12)20/h6-7,10-13,15,18H,2-5,8-9,20H2,1H3,(H,22,24). The number of fused-ring (bicyclic) bond motifs is 3. The maximum atomic E-state index is 12.8. The number of nitrogens with two attached hydrogens (primary N) is 1. The van der Waals surface area contributed by atoms with Crippen molar-refractivity contribution in [2.75, 3.05) is 5.32 Å². The molecule has 2 aliphatic rings. The number of carbonyl (C=O) groups is 1. The van der Waals surface area contributed by atoms with Crippen LogP contribution in [0.3, 0.4) is 0 Å². The van der Waals surface area contributed by atoms with E-state index < -0.39 is 0 Å². The van der Waals surface area contributed by atoms with E-state index in [4.69, 9.17) is 5.73 Å². The number of aromatic nitrogens is 2. The van der Waals surface area contributed by atoms with Crippen LogP contribution in [0.2, 0.25) is 0 Å². The molecule has 4 rings (SSSR count). The van der Waals surface area contributed by atoms with Crippen molar-refractivity contribution in [3.05, 3.63) is 24.4 Å². The van der Waals surface area contributed by atoms with Crippen LogP contribution in [0, 0.1) is 17.8 Å². The molecule has 2 fully saturated rings. The molecule has 0 spiro atoms. The van der Waals surface area contributed by atoms with Gasteiger partial charge in [-0.25, -0.2) is 0 Å². The Bertz CT molecular complexity index is 739. The molecule has 1 amide bonds. The SMILES string of the molecule is CCn1ncc2ccc(NC(=O)C3CC4CCCC(C3)C4N)cc21. The third kappa shape index (κ3) is 2.71. The van der Waals surface area contributed by atoms with E-state index in [2.05, 4.69) is 17.3 Å². The average Bonchev–Trinajstić information content (AvgIpc) is 2.96. The summed E-state index contributed by atoms with van der Waals surface area (Å²) >= 11 is 0. The van der Waals surface area contributed by atoms with Crippen molar-refractivity contribution in [1.82, 2.24) is 9.78 Å². The molecule has 0 radical (unpaired) electrons. The summed E-state index contributed by atoms with van der Waals surface area (Å²) in [5.74, 6) is 1.31. The van der Waals surface area contributed by atoms with E-state index in [1.807, 2.05) is 29.1 Å². The summed E-state index contributed by atoms with van der Waals surface area (Å²) in [6, 6.07) is 6.32. The quantitative estimate of drug-likeness (QED) is 0.910. The van der Waals surface area contributed by atoms with Gasteiger partial charge in [-0.2, -0.15) is 5.10 Å². The van der Waals surface area contributed by atoms with Gasteiger partial charge in [0.1, 0.15) is 0 Å². The molecular formula is C19H26N4O. The molecule has 0 aliphatic heterocycles. The molecule has 3 N–H and O–H groups in total. The van der Waals surface area contributed by atoms with Gasteiger partial charge >= 0.3 is 0 Å². The number of benzene rings is 1. The van der Waals surface area contributed by atoms with Crippen molar-refractivity contribution in [1.29, 1.82) is 0 Å². The second-order valence-corrected chi connectivity index (χ2v) is 7.42. The predicted molar refractivity (Wildman–Crippen MR) is 95.6 cm³/mol. The van der Waals surface area contributed by atoms with Crippen molar-refractivity contribution < 1.29 is 4.79 Å². The Hall–Kier alpha value is -1.88. The summed E-state index contributed by atoms with van der Waals surface area (Å²) in [6.45, 7) is 2.90. The highest BCUT2D eigenvalue weighted by molar-refractivity contribution is 5.95. The number of carbonyl (C=O) groups excluding carboxylic acids is 1. The molecule has 2 atom stereocenters. The summed E-state index contributed by atoms with van der Waals surface area (Å²) < 4.78 is 1.95. The summed E-state index contributed by atoms with van der Waals surface area (Å²) in [7, 11) is 0. The van der Waals surface area contributed by atoms with Crippen LogP contribution in [0.5, 0.6) is 0 Å². The fraction of sp³-hybridized carbons (Fsp3) is 0.579. The van der Waals surface area contributed by atoms with Gasteiger partial charge in [-0.1, -0.05) is 6.42 Å². The zero-order chi connectivity index (χ0) is 16.7. The lowest BCUT2D eigenvalue weighted by Gasteiger charge is -2.43. The van der Waals surface area contributed by atoms with Crippen molar-refractivity contribution in [3.8, 4) is 0 Å². The fourth-order valence-electron chi connectivity index (χ4n) is 4.65. The van der Waals surface area contributed by atoms with E-state index in [9.17, 15) is 4.79 Å². The van der Waals surface area contributed by atoms with Crippen molar-refractivity contribution in [3.63, 3.8) is 0 Å². The lowest BCUT2D eigenvalue weighted by Crippen LogP contribution is -2.48. The van der Waals surface area contributed by atoms with Gasteiger partial charge in [0.2, 0.25) is 5.91 Å². The van der Waals surface area contributed by atoms with E-state index in [0.29, 0.717) is 17.9 Å². The molecular weight excluding hydrogens is 300 g/mol. The number of aryl methyl sites for hydroxylation is 1. The van der Waals surface area contributed by atoms with Gasteiger partial charge in [0.15, 0.2) is 0 Å². The first-order chi connectivity index (χ1) is 11.7. The zero-order valence-corrected chi connectivity index (χ0v) is 14.2. The molecule has 5 heteroatoms. The Balaban J connectivity index is 1.50. The number of nitrogens with zero attached hydrogens (tertiary/aromatic N) is 2. The Labute approximate surface area is 142 Å². The normalized spacial score (nSPS) is 29.6. The van der Waals surface area contributed by atoms with E-state index in [1.165, 1.54) is 19.3 Å². The zero-order valence-electron chi connectivity index (χ0n) is 14.2. The van der Waals surface area contributed by atoms with Gasteiger partial charge in [-0.05, 0) is 62.6 Å². The summed E-state index contributed by atoms with van der Waals surface area (Å²) in [5.41, 5.74) is 8.27. The van der Waals surface area contributed by atoms with E-state index in [-0.39, 0.29) is 11.8 Å². The minimum absolute atomic E-state index is 0.104. The Morgan fingerprint density at radius 2 is 2.08 bits per heavy atom. The fourth-order valence-corrected chi connectivity index (χ4v) is 4.65. The molecule has 2 aromatic rings. The van der Waals surface area contributed by atoms with Gasteiger partial charge in [-0.15, -0.1) is 0 Å². The van der Waals surface area contributed by atoms with Gasteiger partial charge in [0.25, 0.3) is 0 Å². The molecule has 128 valence electrons. The van der Waals surface area contributed by atoms with Crippen LogP contribution in [0.1, 0.15) is 39.0 Å². The van der Waals surface area contributed by atoms with Crippen molar-refractivity contribution >= 4 is 22.5 Å². The molecule has 1 heterocycles. The second-order valence-electron chi connectivity index (χ2n) is 7.42. The van der Waals surface area contributed by atoms with Gasteiger partial charge < -0.3 is 11.1 Å². The first-order valence-corrected chi connectivity index (χ1v) is 9.17. The highest BCUT2D eigenvalue weighted by Gasteiger charge is 2.40. The minimum atomic E-state index is 0.104. The lowest BCUT2D eigenvalue weighted by atomic mass is 9.65. The topological polar surface area (TPSA) is 72.9 Å². The molecule has 2 unspecified atom stereocenters. The summed E-state index contributed by atoms with van der Waals surface area (Å²) in [5, 5.41) is 8.59. The minimum Gasteiger partial charge on any atom is -0.327 e. The van der Waals surface area contributed by atoms with Crippen LogP contribution in [0.15, 0.2) is 24.4 Å². The molecule has 1 aromatic carbocycles. The molecule has 2 saturated carbocycles. The van der Waals surface area contributed by atoms with Crippen molar-refractivity contribution in [2.24, 2.45) is 23.5 Å². The van der Waals surface area contributed by atoms with Crippen LogP contribution in [0.4, 0.5) is 5.69 Å². The van der Waals surface area contributed by atoms with Crippen LogP contribution >= 0.6 is 0 Å². The largest absolute Gasteiger partial charge is 0.327 e. The number of anilines is 1. The number of nitrogens with one attached hydrogen (secondary N) is 1. The van der Waals surface area contributed by atoms with Crippen LogP contribution in [0.25, 0.3) is 10.9 Å². The van der Waals surface area contributed by atoms with Crippen LogP contribution in [-0.2, 0) is 11.3 Å². The molecule has 2 aliphatic carbocycles. The average molecular weight is 326 g/mol. The summed E-state index contributed by atoms with van der Waals surface area (Å²) in [4.78, 5) is 12.8. The molecule has 1 aromatic heterocycles. The smallest absolute Gasteiger partial charge is 0.227 e. The molecule has 0 saturated heterocycles. The van der Waals surface area contributed by atoms with Gasteiger partial charge in [0, 0.05) is 29.6 Å². The molecule has 5 nitrogen and oxygen atoms in total.